The lowest BCUT2D eigenvalue weighted by atomic mass is 10.1. The lowest BCUT2D eigenvalue weighted by Crippen LogP contribution is -2.24. The number of benzene rings is 3. The third-order valence-electron chi connectivity index (χ3n) is 4.86. The SMILES string of the molecule is O=C(COc1ccccc1[N+](=O)[O-])N/N=C\c1ccc2c(ccn2Cc2cccc(F)c2)c1. The normalized spacial score (nSPS) is 11.1. The van der Waals surface area contributed by atoms with Gasteiger partial charge in [-0.2, -0.15) is 5.10 Å². The molecule has 0 bridgehead atoms. The minimum atomic E-state index is -0.576. The molecule has 4 rings (SSSR count). The molecule has 33 heavy (non-hydrogen) atoms. The molecular formula is C24H19FN4O4. The van der Waals surface area contributed by atoms with Crippen LogP contribution in [0.4, 0.5) is 10.1 Å². The summed E-state index contributed by atoms with van der Waals surface area (Å²) in [7, 11) is 0. The number of fused-ring (bicyclic) bond motifs is 1. The van der Waals surface area contributed by atoms with Gasteiger partial charge in [0.2, 0.25) is 0 Å². The lowest BCUT2D eigenvalue weighted by molar-refractivity contribution is -0.385. The van der Waals surface area contributed by atoms with Crippen LogP contribution in [0.25, 0.3) is 10.9 Å². The fourth-order valence-corrected chi connectivity index (χ4v) is 3.35. The van der Waals surface area contributed by atoms with E-state index in [-0.39, 0.29) is 17.3 Å². The number of rotatable bonds is 8. The number of ether oxygens (including phenoxy) is 1. The predicted molar refractivity (Wildman–Crippen MR) is 122 cm³/mol. The van der Waals surface area contributed by atoms with Gasteiger partial charge >= 0.3 is 5.69 Å². The Hall–Kier alpha value is -4.53. The highest BCUT2D eigenvalue weighted by Gasteiger charge is 2.14. The molecule has 8 nitrogen and oxygen atoms in total. The largest absolute Gasteiger partial charge is 0.477 e. The van der Waals surface area contributed by atoms with Gasteiger partial charge in [0.15, 0.2) is 12.4 Å². The Morgan fingerprint density at radius 1 is 1.12 bits per heavy atom. The van der Waals surface area contributed by atoms with Crippen LogP contribution in [0.2, 0.25) is 0 Å². The summed E-state index contributed by atoms with van der Waals surface area (Å²) in [6.07, 6.45) is 3.42. The van der Waals surface area contributed by atoms with Gasteiger partial charge in [0.1, 0.15) is 5.82 Å². The number of hydrazone groups is 1. The molecule has 0 saturated carbocycles. The average molecular weight is 446 g/mol. The van der Waals surface area contributed by atoms with E-state index >= 15 is 0 Å². The Labute approximate surface area is 188 Å². The van der Waals surface area contributed by atoms with E-state index < -0.39 is 17.4 Å². The molecule has 3 aromatic carbocycles. The molecule has 0 radical (unpaired) electrons. The number of halogens is 1. The molecule has 0 aliphatic carbocycles. The first kappa shape index (κ1) is 21.7. The second-order valence-electron chi connectivity index (χ2n) is 7.20. The molecule has 4 aromatic rings. The molecule has 0 saturated heterocycles. The van der Waals surface area contributed by atoms with Gasteiger partial charge in [0.05, 0.1) is 11.1 Å². The van der Waals surface area contributed by atoms with E-state index in [1.54, 1.807) is 12.1 Å². The number of nitro benzene ring substituents is 1. The van der Waals surface area contributed by atoms with Crippen molar-refractivity contribution in [3.8, 4) is 5.75 Å². The maximum absolute atomic E-state index is 13.4. The van der Waals surface area contributed by atoms with Gasteiger partial charge in [-0.1, -0.05) is 30.3 Å². The number of carbonyl (C=O) groups excluding carboxylic acids is 1. The van der Waals surface area contributed by atoms with Crippen molar-refractivity contribution in [1.29, 1.82) is 0 Å². The van der Waals surface area contributed by atoms with Crippen molar-refractivity contribution < 1.29 is 18.8 Å². The van der Waals surface area contributed by atoms with E-state index in [1.165, 1.54) is 36.5 Å². The van der Waals surface area contributed by atoms with Gasteiger partial charge in [0, 0.05) is 29.7 Å². The highest BCUT2D eigenvalue weighted by atomic mass is 19.1. The molecule has 1 aromatic heterocycles. The minimum absolute atomic E-state index is 0.00911. The van der Waals surface area contributed by atoms with Crippen molar-refractivity contribution in [2.75, 3.05) is 6.61 Å². The van der Waals surface area contributed by atoms with Crippen LogP contribution < -0.4 is 10.2 Å². The van der Waals surface area contributed by atoms with Crippen molar-refractivity contribution in [2.45, 2.75) is 6.54 Å². The molecule has 0 unspecified atom stereocenters. The lowest BCUT2D eigenvalue weighted by Gasteiger charge is -2.06. The second-order valence-corrected chi connectivity index (χ2v) is 7.20. The van der Waals surface area contributed by atoms with Crippen LogP contribution in [0, 0.1) is 15.9 Å². The number of nitrogens with one attached hydrogen (secondary N) is 1. The summed E-state index contributed by atoms with van der Waals surface area (Å²) in [5.74, 6) is -0.807. The number of carbonyl (C=O) groups is 1. The number of hydrogen-bond donors (Lipinski definition) is 1. The summed E-state index contributed by atoms with van der Waals surface area (Å²) < 4.78 is 20.7. The fraction of sp³-hybridized carbons (Fsp3) is 0.0833. The number of nitro groups is 1. The molecule has 0 spiro atoms. The number of nitrogens with zero attached hydrogens (tertiary/aromatic N) is 3. The standard InChI is InChI=1S/C24H19FN4O4/c25-20-5-3-4-18(13-20)15-28-11-10-19-12-17(8-9-21(19)28)14-26-27-24(30)16-33-23-7-2-1-6-22(23)29(31)32/h1-14H,15-16H2,(H,27,30)/b26-14-. The molecule has 1 N–H and O–H groups in total. The monoisotopic (exact) mass is 446 g/mol. The van der Waals surface area contributed by atoms with Gasteiger partial charge < -0.3 is 9.30 Å². The quantitative estimate of drug-likeness (QED) is 0.248. The molecule has 0 aliphatic rings. The van der Waals surface area contributed by atoms with E-state index in [4.69, 9.17) is 4.74 Å². The van der Waals surface area contributed by atoms with Gasteiger partial charge in [-0.25, -0.2) is 9.82 Å². The van der Waals surface area contributed by atoms with Crippen LogP contribution in [0.1, 0.15) is 11.1 Å². The van der Waals surface area contributed by atoms with Crippen molar-refractivity contribution in [2.24, 2.45) is 5.10 Å². The first-order chi connectivity index (χ1) is 16.0. The van der Waals surface area contributed by atoms with Crippen LogP contribution in [-0.2, 0) is 11.3 Å². The Kier molecular flexibility index (Phi) is 6.40. The Balaban J connectivity index is 1.35. The van der Waals surface area contributed by atoms with Crippen LogP contribution in [-0.4, -0.2) is 28.2 Å². The average Bonchev–Trinajstić information content (AvgIpc) is 3.19. The van der Waals surface area contributed by atoms with E-state index in [1.807, 2.05) is 41.1 Å². The molecule has 0 fully saturated rings. The number of hydrogen-bond acceptors (Lipinski definition) is 5. The van der Waals surface area contributed by atoms with E-state index in [0.29, 0.717) is 6.54 Å². The summed E-state index contributed by atoms with van der Waals surface area (Å²) in [5.41, 5.74) is 4.74. The predicted octanol–water partition coefficient (Wildman–Crippen LogP) is 4.27. The maximum atomic E-state index is 13.4. The summed E-state index contributed by atoms with van der Waals surface area (Å²) in [6.45, 7) is 0.133. The topological polar surface area (TPSA) is 98.8 Å². The number of amides is 1. The van der Waals surface area contributed by atoms with Crippen molar-refractivity contribution in [3.63, 3.8) is 0 Å². The molecule has 0 aliphatic heterocycles. The first-order valence-electron chi connectivity index (χ1n) is 10.0. The minimum Gasteiger partial charge on any atom is -0.477 e. The zero-order valence-corrected chi connectivity index (χ0v) is 17.3. The van der Waals surface area contributed by atoms with Gasteiger partial charge in [-0.05, 0) is 47.5 Å². The zero-order chi connectivity index (χ0) is 23.2. The molecule has 9 heteroatoms. The van der Waals surface area contributed by atoms with Gasteiger partial charge in [-0.15, -0.1) is 0 Å². The van der Waals surface area contributed by atoms with Gasteiger partial charge in [-0.3, -0.25) is 14.9 Å². The van der Waals surface area contributed by atoms with Crippen molar-refractivity contribution in [1.82, 2.24) is 9.99 Å². The molecule has 1 amide bonds. The van der Waals surface area contributed by atoms with Crippen LogP contribution in [0.15, 0.2) is 84.1 Å². The van der Waals surface area contributed by atoms with E-state index in [9.17, 15) is 19.3 Å². The highest BCUT2D eigenvalue weighted by Crippen LogP contribution is 2.25. The van der Waals surface area contributed by atoms with Gasteiger partial charge in [0.25, 0.3) is 5.91 Å². The Morgan fingerprint density at radius 2 is 1.97 bits per heavy atom. The van der Waals surface area contributed by atoms with E-state index in [2.05, 4.69) is 10.5 Å². The zero-order valence-electron chi connectivity index (χ0n) is 17.3. The molecule has 166 valence electrons. The third-order valence-corrected chi connectivity index (χ3v) is 4.86. The third kappa shape index (κ3) is 5.40. The first-order valence-corrected chi connectivity index (χ1v) is 10.0. The molecule has 0 atom stereocenters. The summed E-state index contributed by atoms with van der Waals surface area (Å²) in [4.78, 5) is 22.4. The molecular weight excluding hydrogens is 427 g/mol. The van der Waals surface area contributed by atoms with Crippen LogP contribution in [0.5, 0.6) is 5.75 Å². The van der Waals surface area contributed by atoms with E-state index in [0.717, 1.165) is 22.0 Å². The summed E-state index contributed by atoms with van der Waals surface area (Å²) in [5, 5.41) is 15.9. The highest BCUT2D eigenvalue weighted by molar-refractivity contribution is 5.90. The Bertz CT molecular complexity index is 1350. The van der Waals surface area contributed by atoms with Crippen LogP contribution >= 0.6 is 0 Å². The van der Waals surface area contributed by atoms with Crippen molar-refractivity contribution in [3.05, 3.63) is 106 Å². The number of para-hydroxylation sites is 2. The fourth-order valence-electron chi connectivity index (χ4n) is 3.35. The smallest absolute Gasteiger partial charge is 0.310 e. The van der Waals surface area contributed by atoms with Crippen molar-refractivity contribution >= 4 is 28.7 Å². The summed E-state index contributed by atoms with van der Waals surface area (Å²) in [6, 6.07) is 19.9. The maximum Gasteiger partial charge on any atom is 0.310 e. The summed E-state index contributed by atoms with van der Waals surface area (Å²) >= 11 is 0. The molecule has 1 heterocycles. The van der Waals surface area contributed by atoms with Crippen LogP contribution in [0.3, 0.4) is 0 Å². The Morgan fingerprint density at radius 3 is 2.79 bits per heavy atom. The number of aromatic nitrogens is 1. The second kappa shape index (κ2) is 9.73.